The number of hydrogen-bond donors (Lipinski definition) is 2. The van der Waals surface area contributed by atoms with Gasteiger partial charge >= 0.3 is 0 Å². The highest BCUT2D eigenvalue weighted by Crippen LogP contribution is 2.34. The first-order valence-corrected chi connectivity index (χ1v) is 6.44. The number of amides is 1. The highest BCUT2D eigenvalue weighted by atomic mass is 16.5. The lowest BCUT2D eigenvalue weighted by molar-refractivity contribution is -0.123. The first-order valence-electron chi connectivity index (χ1n) is 6.44. The van der Waals surface area contributed by atoms with Crippen molar-refractivity contribution in [3.05, 3.63) is 0 Å². The van der Waals surface area contributed by atoms with E-state index in [1.165, 1.54) is 6.42 Å². The predicted octanol–water partition coefficient (Wildman–Crippen LogP) is 0.563. The minimum absolute atomic E-state index is 0.0893. The average molecular weight is 224 g/mol. The maximum atomic E-state index is 11.8. The van der Waals surface area contributed by atoms with Crippen LogP contribution in [0.5, 0.6) is 0 Å². The highest BCUT2D eigenvalue weighted by Gasteiger charge is 2.41. The summed E-state index contributed by atoms with van der Waals surface area (Å²) < 4.78 is 5.76. The van der Waals surface area contributed by atoms with Gasteiger partial charge in [0.2, 0.25) is 5.91 Å². The van der Waals surface area contributed by atoms with Crippen molar-refractivity contribution in [3.8, 4) is 0 Å². The van der Waals surface area contributed by atoms with Crippen LogP contribution >= 0.6 is 0 Å². The van der Waals surface area contributed by atoms with Crippen molar-refractivity contribution in [2.75, 3.05) is 0 Å². The smallest absolute Gasteiger partial charge is 0.237 e. The Labute approximate surface area is 96.1 Å². The van der Waals surface area contributed by atoms with Crippen molar-refractivity contribution in [2.24, 2.45) is 0 Å². The van der Waals surface area contributed by atoms with Crippen molar-refractivity contribution in [3.63, 3.8) is 0 Å². The molecule has 0 spiro atoms. The molecule has 1 saturated carbocycles. The topological polar surface area (TPSA) is 50.4 Å². The van der Waals surface area contributed by atoms with Crippen LogP contribution in [0.15, 0.2) is 0 Å². The molecule has 0 aromatic heterocycles. The average Bonchev–Trinajstić information content (AvgIpc) is 2.84. The molecule has 2 N–H and O–H groups in total. The van der Waals surface area contributed by atoms with Crippen LogP contribution in [0.1, 0.15) is 39.0 Å². The van der Waals surface area contributed by atoms with Crippen molar-refractivity contribution in [1.29, 1.82) is 0 Å². The van der Waals surface area contributed by atoms with Gasteiger partial charge in [-0.15, -0.1) is 0 Å². The maximum Gasteiger partial charge on any atom is 0.237 e. The Hall–Kier alpha value is -0.610. The van der Waals surface area contributed by atoms with E-state index in [1.807, 2.05) is 6.92 Å². The molecule has 2 saturated heterocycles. The molecule has 4 unspecified atom stereocenters. The number of hydrogen-bond acceptors (Lipinski definition) is 3. The Morgan fingerprint density at radius 1 is 1.31 bits per heavy atom. The first-order chi connectivity index (χ1) is 7.72. The van der Waals surface area contributed by atoms with E-state index in [0.717, 1.165) is 25.7 Å². The van der Waals surface area contributed by atoms with Gasteiger partial charge in [0.05, 0.1) is 18.2 Å². The minimum atomic E-state index is -0.0893. The zero-order chi connectivity index (χ0) is 11.1. The Morgan fingerprint density at radius 3 is 2.69 bits per heavy atom. The van der Waals surface area contributed by atoms with E-state index < -0.39 is 0 Å². The van der Waals surface area contributed by atoms with Crippen molar-refractivity contribution >= 4 is 5.91 Å². The van der Waals surface area contributed by atoms with Gasteiger partial charge in [-0.25, -0.2) is 0 Å². The van der Waals surface area contributed by atoms with Crippen LogP contribution in [0.3, 0.4) is 0 Å². The van der Waals surface area contributed by atoms with Crippen LogP contribution in [0, 0.1) is 0 Å². The van der Waals surface area contributed by atoms with E-state index in [2.05, 4.69) is 10.6 Å². The number of nitrogens with one attached hydrogen (secondary N) is 2. The number of carbonyl (C=O) groups excluding carboxylic acids is 1. The summed E-state index contributed by atoms with van der Waals surface area (Å²) >= 11 is 0. The summed E-state index contributed by atoms with van der Waals surface area (Å²) in [5.74, 6) is 0.144. The van der Waals surface area contributed by atoms with Gasteiger partial charge in [0.25, 0.3) is 0 Å². The predicted molar refractivity (Wildman–Crippen MR) is 60.1 cm³/mol. The number of carbonyl (C=O) groups is 1. The highest BCUT2D eigenvalue weighted by molar-refractivity contribution is 5.81. The normalized spacial score (nSPS) is 38.7. The van der Waals surface area contributed by atoms with Crippen LogP contribution in [0.25, 0.3) is 0 Å². The number of rotatable bonds is 4. The quantitative estimate of drug-likeness (QED) is 0.733. The van der Waals surface area contributed by atoms with E-state index >= 15 is 0 Å². The zero-order valence-corrected chi connectivity index (χ0v) is 9.74. The molecule has 3 fully saturated rings. The maximum absolute atomic E-state index is 11.8. The second kappa shape index (κ2) is 4.00. The number of ether oxygens (including phenoxy) is 1. The van der Waals surface area contributed by atoms with E-state index in [1.54, 1.807) is 0 Å². The third-order valence-electron chi connectivity index (χ3n) is 3.89. The van der Waals surface area contributed by atoms with Gasteiger partial charge in [-0.3, -0.25) is 4.79 Å². The SMILES string of the molecule is CC(NC1CC2CCC1O2)C(=O)NC1CC1. The Balaban J connectivity index is 1.48. The summed E-state index contributed by atoms with van der Waals surface area (Å²) in [6, 6.07) is 0.750. The molecule has 2 aliphatic heterocycles. The molecule has 4 nitrogen and oxygen atoms in total. The van der Waals surface area contributed by atoms with Crippen LogP contribution in [-0.4, -0.2) is 36.2 Å². The van der Waals surface area contributed by atoms with Gasteiger partial charge in [0, 0.05) is 12.1 Å². The van der Waals surface area contributed by atoms with E-state index in [0.29, 0.717) is 24.3 Å². The van der Waals surface area contributed by atoms with Crippen LogP contribution < -0.4 is 10.6 Å². The lowest BCUT2D eigenvalue weighted by Gasteiger charge is -2.24. The van der Waals surface area contributed by atoms with Crippen LogP contribution in [-0.2, 0) is 9.53 Å². The fourth-order valence-electron chi connectivity index (χ4n) is 2.76. The molecular formula is C12H20N2O2. The molecule has 90 valence electrons. The van der Waals surface area contributed by atoms with E-state index in [-0.39, 0.29) is 11.9 Å². The molecular weight excluding hydrogens is 204 g/mol. The van der Waals surface area contributed by atoms with Gasteiger partial charge in [0.1, 0.15) is 0 Å². The Bertz CT molecular complexity index is 291. The van der Waals surface area contributed by atoms with Crippen molar-refractivity contribution in [1.82, 2.24) is 10.6 Å². The van der Waals surface area contributed by atoms with E-state index in [4.69, 9.17) is 4.74 Å². The third-order valence-corrected chi connectivity index (χ3v) is 3.89. The molecule has 0 aromatic rings. The molecule has 4 atom stereocenters. The summed E-state index contributed by atoms with van der Waals surface area (Å²) in [6.07, 6.45) is 6.52. The Kier molecular flexibility index (Phi) is 2.64. The second-order valence-corrected chi connectivity index (χ2v) is 5.39. The third kappa shape index (κ3) is 2.09. The van der Waals surface area contributed by atoms with Crippen molar-refractivity contribution in [2.45, 2.75) is 69.4 Å². The zero-order valence-electron chi connectivity index (χ0n) is 9.74. The summed E-state index contributed by atoms with van der Waals surface area (Å²) in [5, 5.41) is 6.44. The molecule has 0 radical (unpaired) electrons. The molecule has 4 heteroatoms. The number of fused-ring (bicyclic) bond motifs is 2. The summed E-state index contributed by atoms with van der Waals surface area (Å²) in [5.41, 5.74) is 0. The summed E-state index contributed by atoms with van der Waals surface area (Å²) in [6.45, 7) is 1.95. The van der Waals surface area contributed by atoms with Gasteiger partial charge in [-0.1, -0.05) is 0 Å². The monoisotopic (exact) mass is 224 g/mol. The minimum Gasteiger partial charge on any atom is -0.373 e. The van der Waals surface area contributed by atoms with Gasteiger partial charge in [-0.2, -0.15) is 0 Å². The van der Waals surface area contributed by atoms with Gasteiger partial charge in [-0.05, 0) is 39.0 Å². The molecule has 3 rings (SSSR count). The van der Waals surface area contributed by atoms with E-state index in [9.17, 15) is 4.79 Å². The fraction of sp³-hybridized carbons (Fsp3) is 0.917. The summed E-state index contributed by atoms with van der Waals surface area (Å²) in [7, 11) is 0. The lowest BCUT2D eigenvalue weighted by atomic mass is 9.95. The first kappa shape index (κ1) is 10.5. The lowest BCUT2D eigenvalue weighted by Crippen LogP contribution is -2.50. The van der Waals surface area contributed by atoms with Gasteiger partial charge in [0.15, 0.2) is 0 Å². The molecule has 1 amide bonds. The molecule has 3 aliphatic rings. The molecule has 0 aromatic carbocycles. The van der Waals surface area contributed by atoms with Gasteiger partial charge < -0.3 is 15.4 Å². The Morgan fingerprint density at radius 2 is 2.12 bits per heavy atom. The van der Waals surface area contributed by atoms with Crippen LogP contribution in [0.2, 0.25) is 0 Å². The van der Waals surface area contributed by atoms with Crippen molar-refractivity contribution < 1.29 is 9.53 Å². The second-order valence-electron chi connectivity index (χ2n) is 5.39. The van der Waals surface area contributed by atoms with Crippen LogP contribution in [0.4, 0.5) is 0 Å². The molecule has 16 heavy (non-hydrogen) atoms. The molecule has 1 aliphatic carbocycles. The standard InChI is InChI=1S/C12H20N2O2/c1-7(12(15)14-8-2-3-8)13-10-6-9-4-5-11(10)16-9/h7-11,13H,2-6H2,1H3,(H,14,15). The fourth-order valence-corrected chi connectivity index (χ4v) is 2.76. The molecule has 2 bridgehead atoms. The summed E-state index contributed by atoms with van der Waals surface area (Å²) in [4.78, 5) is 11.8. The largest absolute Gasteiger partial charge is 0.373 e. The molecule has 2 heterocycles.